The van der Waals surface area contributed by atoms with E-state index in [1.54, 1.807) is 0 Å². The number of nitrogens with zero attached hydrogens (tertiary/aromatic N) is 4. The molecular weight excluding hydrogens is 1570 g/mol. The first-order valence-corrected chi connectivity index (χ1v) is 41.4. The van der Waals surface area contributed by atoms with Crippen molar-refractivity contribution >= 4 is 74.5 Å². The van der Waals surface area contributed by atoms with Gasteiger partial charge in [0.15, 0.2) is 0 Å². The predicted octanol–water partition coefficient (Wildman–Crippen LogP) is 19.8. The third kappa shape index (κ3) is 36.6. The molecule has 3 aromatic carbocycles. The molecule has 2 fully saturated rings. The SMILES string of the molecule is CC([N-][C@H](C)c1ccccc1)[N-]C(C)(C)C.CC([N-][C@H](C)c1ccccc1)[N-][C@H](C)c1ccccc1.CC1C(C)C(C)C(C)C1C.CC1C(C)C(C)C(C)C1C.II.I[I-]I.[CH3-].[CH3-].[CH3-].[CH3-].[CH3-].[CH3-].[Zr].[Zr]. The third-order valence-corrected chi connectivity index (χ3v) is 14.0. The van der Waals surface area contributed by atoms with E-state index in [-0.39, 0.29) is 133 Å². The van der Waals surface area contributed by atoms with Crippen molar-refractivity contribution < 1.29 is 65.7 Å². The molecule has 0 aliphatic heterocycles. The number of hydrogen-bond acceptors (Lipinski definition) is 0. The van der Waals surface area contributed by atoms with Crippen LogP contribution in [0.15, 0.2) is 91.0 Å². The van der Waals surface area contributed by atoms with Gasteiger partial charge in [0.05, 0.1) is 0 Å². The zero-order valence-electron chi connectivity index (χ0n) is 48.0. The van der Waals surface area contributed by atoms with Gasteiger partial charge in [-0.3, -0.25) is 0 Å². The molecule has 2 aliphatic rings. The van der Waals surface area contributed by atoms with Crippen LogP contribution in [0, 0.1) is 104 Å². The molecule has 2 aliphatic carbocycles. The van der Waals surface area contributed by atoms with Crippen molar-refractivity contribution in [3.8, 4) is 0 Å². The number of benzene rings is 3. The second-order valence-corrected chi connectivity index (χ2v) is 35.2. The van der Waals surface area contributed by atoms with Crippen molar-refractivity contribution in [2.75, 3.05) is 0 Å². The largest absolute Gasteiger partial charge is 0.358 e. The molecule has 4 nitrogen and oxygen atoms in total. The summed E-state index contributed by atoms with van der Waals surface area (Å²) in [5.74, 6) is 9.35. The van der Waals surface area contributed by atoms with Gasteiger partial charge in [-0.25, -0.2) is 12.3 Å². The van der Waals surface area contributed by atoms with E-state index in [0.29, 0.717) is 13.3 Å². The predicted molar refractivity (Wildman–Crippen MR) is 343 cm³/mol. The number of hydrogen-bond donors (Lipinski definition) is 0. The summed E-state index contributed by atoms with van der Waals surface area (Å²) in [6.45, 7) is 40.7. The second-order valence-electron chi connectivity index (χ2n) is 18.9. The number of rotatable bonds is 10. The maximum absolute atomic E-state index is 4.75. The molecule has 3 aromatic rings. The minimum atomic E-state index is -0.0146. The molecule has 0 bridgehead atoms. The Morgan fingerprint density at radius 2 is 0.536 bits per heavy atom. The standard InChI is InChI=1S/C18H22N2.C14H22N2.2C10H20.6CH3.I3.I2.2Zr/c1-14(17-10-6-4-7-11-17)19-16(3)20-15(2)18-12-8-5-9-13-18;1-11(13-9-7-6-8-10-13)15-12(2)16-14(3,4)5;2*1-6-7(2)9(4)10(5)8(6)3;;;;;;;1-3-2;1-2;;/h4-16H,1-3H3;6-12H,1-5H3;2*6-10H,1-5H3;6*1H3;;;;/q2*-2;;;7*-1;;;/t14-,15-;11-,12?;;;;;;;;;;;;/m11............/s1. The zero-order valence-corrected chi connectivity index (χ0v) is 63.7. The summed E-state index contributed by atoms with van der Waals surface area (Å²) >= 11 is 9.54. The summed E-state index contributed by atoms with van der Waals surface area (Å²) in [5, 5.41) is 18.8. The molecule has 0 radical (unpaired) electrons. The molecule has 2 saturated carbocycles. The fourth-order valence-electron chi connectivity index (χ4n) is 8.84. The van der Waals surface area contributed by atoms with E-state index < -0.39 is 0 Å². The van der Waals surface area contributed by atoms with Crippen LogP contribution in [0.1, 0.15) is 159 Å². The Bertz CT molecular complexity index is 1330. The first-order chi connectivity index (χ1) is 28.6. The van der Waals surface area contributed by atoms with Crippen LogP contribution in [-0.2, 0) is 52.4 Å². The van der Waals surface area contributed by atoms with Gasteiger partial charge in [0.25, 0.3) is 0 Å². The minimum absolute atomic E-state index is 0. The van der Waals surface area contributed by atoms with Gasteiger partial charge in [0.1, 0.15) is 0 Å². The van der Waals surface area contributed by atoms with Gasteiger partial charge in [-0.2, -0.15) is 0 Å². The van der Waals surface area contributed by atoms with Crippen molar-refractivity contribution in [2.24, 2.45) is 59.2 Å². The van der Waals surface area contributed by atoms with Crippen LogP contribution < -0.4 is 13.3 Å². The Balaban J connectivity index is -0.0000000955. The van der Waals surface area contributed by atoms with Gasteiger partial charge >= 0.3 is 50.5 Å². The third-order valence-electron chi connectivity index (χ3n) is 14.0. The second kappa shape index (κ2) is 50.4. The average Bonchev–Trinajstić information content (AvgIpc) is 3.51. The van der Waals surface area contributed by atoms with E-state index in [9.17, 15) is 0 Å². The van der Waals surface area contributed by atoms with E-state index in [0.717, 1.165) is 59.2 Å². The maximum Gasteiger partial charge on any atom is 0 e. The Morgan fingerprint density at radius 1 is 0.377 bits per heavy atom. The van der Waals surface area contributed by atoms with Crippen LogP contribution in [0.2, 0.25) is 0 Å². The molecular formula is C58H102I5N4Zr2-11. The van der Waals surface area contributed by atoms with Gasteiger partial charge in [-0.1, -0.05) is 218 Å². The molecule has 0 aromatic heterocycles. The summed E-state index contributed by atoms with van der Waals surface area (Å²) < 4.78 is 0. The van der Waals surface area contributed by atoms with Gasteiger partial charge < -0.3 is 65.8 Å². The van der Waals surface area contributed by atoms with Crippen molar-refractivity contribution in [1.82, 2.24) is 0 Å². The smallest absolute Gasteiger partial charge is 0 e. The molecule has 0 N–H and O–H groups in total. The average molecular weight is 1670 g/mol. The summed E-state index contributed by atoms with van der Waals surface area (Å²) in [7, 11) is 0. The van der Waals surface area contributed by atoms with E-state index in [2.05, 4.69) is 263 Å². The zero-order chi connectivity index (χ0) is 47.0. The Kier molecular flexibility index (Phi) is 66.8. The topological polar surface area (TPSA) is 56.4 Å². The monoisotopic (exact) mass is 1670 g/mol. The molecule has 5 rings (SSSR count). The first kappa shape index (κ1) is 91.4. The van der Waals surface area contributed by atoms with E-state index in [4.69, 9.17) is 10.6 Å². The molecule has 1 unspecified atom stereocenters. The molecule has 0 heterocycles. The Hall–Kier alpha value is 2.92. The van der Waals surface area contributed by atoms with Crippen LogP contribution in [-0.4, -0.2) is 17.9 Å². The van der Waals surface area contributed by atoms with Gasteiger partial charge in [0.2, 0.25) is 0 Å². The Morgan fingerprint density at radius 3 is 0.696 bits per heavy atom. The fraction of sp³-hybridized carbons (Fsp3) is 0.586. The van der Waals surface area contributed by atoms with Gasteiger partial charge in [-0.05, 0) is 59.2 Å². The van der Waals surface area contributed by atoms with Crippen molar-refractivity contribution in [3.63, 3.8) is 0 Å². The van der Waals surface area contributed by atoms with Gasteiger partial charge in [-0.15, -0.1) is 37.5 Å². The van der Waals surface area contributed by atoms with E-state index in [1.165, 1.54) is 16.7 Å². The molecule has 0 amide bonds. The normalized spacial score (nSPS) is 24.3. The summed E-state index contributed by atoms with van der Waals surface area (Å²) in [6, 6.07) is 31.6. The van der Waals surface area contributed by atoms with Gasteiger partial charge in [0, 0.05) is 89.6 Å². The Labute approximate surface area is 525 Å². The molecule has 4 atom stereocenters. The van der Waals surface area contributed by atoms with Crippen molar-refractivity contribution in [1.29, 1.82) is 0 Å². The molecule has 0 saturated heterocycles. The first-order valence-electron chi connectivity index (χ1n) is 22.6. The molecule has 0 spiro atoms. The van der Waals surface area contributed by atoms with Crippen LogP contribution >= 0.6 is 74.5 Å². The summed E-state index contributed by atoms with van der Waals surface area (Å²) in [6.07, 6.45) is 0.0515. The van der Waals surface area contributed by atoms with Crippen LogP contribution in [0.5, 0.6) is 0 Å². The maximum atomic E-state index is 4.75. The summed E-state index contributed by atoms with van der Waals surface area (Å²) in [4.78, 5) is 0. The summed E-state index contributed by atoms with van der Waals surface area (Å²) in [5.41, 5.74) is 3.71. The van der Waals surface area contributed by atoms with E-state index >= 15 is 0 Å². The van der Waals surface area contributed by atoms with Crippen molar-refractivity contribution in [2.45, 2.75) is 161 Å². The minimum Gasteiger partial charge on any atom is -0.358 e. The molecule has 69 heavy (non-hydrogen) atoms. The molecule has 11 heteroatoms. The van der Waals surface area contributed by atoms with E-state index in [1.807, 2.05) is 37.3 Å². The quantitative estimate of drug-likeness (QED) is 0.143. The van der Waals surface area contributed by atoms with Crippen LogP contribution in [0.3, 0.4) is 0 Å². The molecule has 408 valence electrons. The number of halogens is 5. The van der Waals surface area contributed by atoms with Crippen LogP contribution in [0.4, 0.5) is 0 Å². The van der Waals surface area contributed by atoms with Crippen molar-refractivity contribution in [3.05, 3.63) is 174 Å². The van der Waals surface area contributed by atoms with Crippen LogP contribution in [0.25, 0.3) is 21.3 Å². The fourth-order valence-corrected chi connectivity index (χ4v) is 8.84.